The molecule has 1 aromatic heterocycles. The summed E-state index contributed by atoms with van der Waals surface area (Å²) in [5.41, 5.74) is 1.49. The summed E-state index contributed by atoms with van der Waals surface area (Å²) in [6.07, 6.45) is 1.39. The van der Waals surface area contributed by atoms with E-state index in [0.717, 1.165) is 11.3 Å². The number of rotatable bonds is 5. The molecule has 0 spiro atoms. The maximum atomic E-state index is 12.1. The molecule has 1 aliphatic rings. The number of likely N-dealkylation sites (tertiary alicyclic amines) is 1. The van der Waals surface area contributed by atoms with Gasteiger partial charge in [-0.05, 0) is 24.6 Å². The normalized spacial score (nSPS) is 13.8. The fourth-order valence-corrected chi connectivity index (χ4v) is 2.35. The predicted octanol–water partition coefficient (Wildman–Crippen LogP) is 1.93. The van der Waals surface area contributed by atoms with E-state index in [1.54, 1.807) is 17.0 Å². The average molecular weight is 323 g/mol. The second-order valence-electron chi connectivity index (χ2n) is 5.59. The Balaban J connectivity index is 1.43. The number of carbonyl (C=O) groups is 1. The summed E-state index contributed by atoms with van der Waals surface area (Å²) >= 11 is 0. The lowest BCUT2D eigenvalue weighted by Crippen LogP contribution is -2.57. The van der Waals surface area contributed by atoms with Crippen LogP contribution in [0.2, 0.25) is 0 Å². The minimum absolute atomic E-state index is 0.0205. The monoisotopic (exact) mass is 323 g/mol. The number of nitrogens with zero attached hydrogens (tertiary/aromatic N) is 3. The molecule has 2 aromatic rings. The van der Waals surface area contributed by atoms with Gasteiger partial charge in [0.2, 0.25) is 5.88 Å². The van der Waals surface area contributed by atoms with Crippen molar-refractivity contribution in [2.24, 2.45) is 0 Å². The molecule has 1 aliphatic heterocycles. The molecule has 0 bridgehead atoms. The highest BCUT2D eigenvalue weighted by Crippen LogP contribution is 2.18. The Bertz CT molecular complexity index is 762. The maximum Gasteiger partial charge on any atom is 0.260 e. The van der Waals surface area contributed by atoms with E-state index in [0.29, 0.717) is 24.5 Å². The van der Waals surface area contributed by atoms with Crippen LogP contribution in [0.5, 0.6) is 11.6 Å². The van der Waals surface area contributed by atoms with E-state index in [4.69, 9.17) is 14.7 Å². The van der Waals surface area contributed by atoms with Crippen molar-refractivity contribution in [2.45, 2.75) is 13.0 Å². The van der Waals surface area contributed by atoms with Gasteiger partial charge in [-0.3, -0.25) is 4.79 Å². The van der Waals surface area contributed by atoms with E-state index < -0.39 is 0 Å². The topological polar surface area (TPSA) is 75.4 Å². The first-order valence-corrected chi connectivity index (χ1v) is 7.64. The maximum absolute atomic E-state index is 12.1. The Morgan fingerprint density at radius 2 is 2.12 bits per heavy atom. The Morgan fingerprint density at radius 3 is 2.79 bits per heavy atom. The Morgan fingerprint density at radius 1 is 1.33 bits per heavy atom. The number of benzene rings is 1. The van der Waals surface area contributed by atoms with Crippen LogP contribution in [-0.2, 0) is 4.79 Å². The first-order chi connectivity index (χ1) is 11.7. The predicted molar refractivity (Wildman–Crippen MR) is 86.6 cm³/mol. The number of aryl methyl sites for hydroxylation is 1. The van der Waals surface area contributed by atoms with Gasteiger partial charge in [0, 0.05) is 12.3 Å². The first kappa shape index (κ1) is 15.8. The molecule has 0 N–H and O–H groups in total. The van der Waals surface area contributed by atoms with Gasteiger partial charge in [-0.1, -0.05) is 18.2 Å². The van der Waals surface area contributed by atoms with E-state index in [-0.39, 0.29) is 18.6 Å². The van der Waals surface area contributed by atoms with Gasteiger partial charge in [0.05, 0.1) is 18.7 Å². The summed E-state index contributed by atoms with van der Waals surface area (Å²) in [7, 11) is 0. The lowest BCUT2D eigenvalue weighted by atomic mass is 10.1. The van der Waals surface area contributed by atoms with Crippen molar-refractivity contribution in [3.63, 3.8) is 0 Å². The van der Waals surface area contributed by atoms with Crippen molar-refractivity contribution in [3.8, 4) is 17.7 Å². The van der Waals surface area contributed by atoms with E-state index in [1.807, 2.05) is 37.3 Å². The number of hydrogen-bond donors (Lipinski definition) is 0. The number of ether oxygens (including phenoxy) is 2. The minimum Gasteiger partial charge on any atom is -0.484 e. The van der Waals surface area contributed by atoms with Crippen LogP contribution in [0.1, 0.15) is 11.1 Å². The van der Waals surface area contributed by atoms with Crippen LogP contribution in [0.15, 0.2) is 42.6 Å². The Kier molecular flexibility index (Phi) is 4.62. The van der Waals surface area contributed by atoms with Crippen molar-refractivity contribution < 1.29 is 14.3 Å². The molecule has 0 unspecified atom stereocenters. The molecular weight excluding hydrogens is 306 g/mol. The molecule has 0 radical (unpaired) electrons. The number of para-hydroxylation sites is 1. The third-order valence-electron chi connectivity index (χ3n) is 3.80. The molecule has 6 nitrogen and oxygen atoms in total. The summed E-state index contributed by atoms with van der Waals surface area (Å²) in [4.78, 5) is 17.8. The molecule has 0 saturated carbocycles. The zero-order chi connectivity index (χ0) is 16.9. The van der Waals surface area contributed by atoms with Crippen molar-refractivity contribution in [1.29, 1.82) is 5.26 Å². The van der Waals surface area contributed by atoms with Crippen LogP contribution < -0.4 is 9.47 Å². The smallest absolute Gasteiger partial charge is 0.260 e. The number of nitriles is 1. The standard InChI is InChI=1S/C18H17N3O3/c1-13-4-2-3-5-16(13)23-12-18(22)21-10-15(11-21)24-17-7-6-14(8-19)9-20-17/h2-7,9,15H,10-12H2,1H3. The molecule has 1 amide bonds. The highest BCUT2D eigenvalue weighted by atomic mass is 16.5. The Hall–Kier alpha value is -3.07. The largest absolute Gasteiger partial charge is 0.484 e. The zero-order valence-corrected chi connectivity index (χ0v) is 13.3. The van der Waals surface area contributed by atoms with Gasteiger partial charge in [-0.2, -0.15) is 5.26 Å². The quantitative estimate of drug-likeness (QED) is 0.840. The third-order valence-corrected chi connectivity index (χ3v) is 3.80. The number of pyridine rings is 1. The number of hydrogen-bond acceptors (Lipinski definition) is 5. The van der Waals surface area contributed by atoms with Crippen LogP contribution in [-0.4, -0.2) is 41.6 Å². The molecule has 1 fully saturated rings. The highest BCUT2D eigenvalue weighted by Gasteiger charge is 2.32. The number of amides is 1. The van der Waals surface area contributed by atoms with Crippen LogP contribution in [0.25, 0.3) is 0 Å². The zero-order valence-electron chi connectivity index (χ0n) is 13.3. The molecular formula is C18H17N3O3. The molecule has 24 heavy (non-hydrogen) atoms. The van der Waals surface area contributed by atoms with Gasteiger partial charge in [0.1, 0.15) is 17.9 Å². The average Bonchev–Trinajstić information content (AvgIpc) is 2.57. The van der Waals surface area contributed by atoms with E-state index in [2.05, 4.69) is 4.98 Å². The van der Waals surface area contributed by atoms with E-state index in [9.17, 15) is 4.79 Å². The minimum atomic E-state index is -0.0761. The summed E-state index contributed by atoms with van der Waals surface area (Å²) in [5, 5.41) is 8.73. The SMILES string of the molecule is Cc1ccccc1OCC(=O)N1CC(Oc2ccc(C#N)cn2)C1. The van der Waals surface area contributed by atoms with Gasteiger partial charge in [-0.25, -0.2) is 4.98 Å². The van der Waals surface area contributed by atoms with Gasteiger partial charge in [0.15, 0.2) is 6.61 Å². The number of carbonyl (C=O) groups excluding carboxylic acids is 1. The molecule has 0 atom stereocenters. The Labute approximate surface area is 140 Å². The molecule has 1 saturated heterocycles. The molecule has 1 aromatic carbocycles. The fraction of sp³-hybridized carbons (Fsp3) is 0.278. The summed E-state index contributed by atoms with van der Waals surface area (Å²) in [5.74, 6) is 1.12. The summed E-state index contributed by atoms with van der Waals surface area (Å²) in [6.45, 7) is 2.99. The van der Waals surface area contributed by atoms with Crippen LogP contribution in [0.4, 0.5) is 0 Å². The lowest BCUT2D eigenvalue weighted by molar-refractivity contribution is -0.142. The number of aromatic nitrogens is 1. The summed E-state index contributed by atoms with van der Waals surface area (Å²) in [6, 6.07) is 12.9. The van der Waals surface area contributed by atoms with Gasteiger partial charge in [0.25, 0.3) is 5.91 Å². The van der Waals surface area contributed by atoms with Crippen molar-refractivity contribution in [3.05, 3.63) is 53.7 Å². The third kappa shape index (κ3) is 3.63. The van der Waals surface area contributed by atoms with Crippen molar-refractivity contribution in [1.82, 2.24) is 9.88 Å². The highest BCUT2D eigenvalue weighted by molar-refractivity contribution is 5.78. The summed E-state index contributed by atoms with van der Waals surface area (Å²) < 4.78 is 11.2. The van der Waals surface area contributed by atoms with Gasteiger partial charge in [-0.15, -0.1) is 0 Å². The first-order valence-electron chi connectivity index (χ1n) is 7.64. The molecule has 2 heterocycles. The second kappa shape index (κ2) is 7.01. The lowest BCUT2D eigenvalue weighted by Gasteiger charge is -2.38. The molecule has 0 aliphatic carbocycles. The molecule has 122 valence electrons. The molecule has 6 heteroatoms. The molecule has 3 rings (SSSR count). The van der Waals surface area contributed by atoms with Crippen LogP contribution >= 0.6 is 0 Å². The van der Waals surface area contributed by atoms with E-state index >= 15 is 0 Å². The van der Waals surface area contributed by atoms with Crippen molar-refractivity contribution >= 4 is 5.91 Å². The van der Waals surface area contributed by atoms with Crippen LogP contribution in [0, 0.1) is 18.3 Å². The van der Waals surface area contributed by atoms with Gasteiger partial charge >= 0.3 is 0 Å². The van der Waals surface area contributed by atoms with Gasteiger partial charge < -0.3 is 14.4 Å². The fourth-order valence-electron chi connectivity index (χ4n) is 2.35. The second-order valence-corrected chi connectivity index (χ2v) is 5.59. The van der Waals surface area contributed by atoms with E-state index in [1.165, 1.54) is 6.20 Å². The van der Waals surface area contributed by atoms with Crippen molar-refractivity contribution in [2.75, 3.05) is 19.7 Å². The van der Waals surface area contributed by atoms with Crippen LogP contribution in [0.3, 0.4) is 0 Å².